The SMILES string of the molecule is CNC(C)(C#N)CC(C)N(CC(C)C)CC(C)C. The fourth-order valence-electron chi connectivity index (χ4n) is 2.30. The number of rotatable bonds is 8. The smallest absolute Gasteiger partial charge is 0.105 e. The molecule has 0 saturated heterocycles. The zero-order valence-corrected chi connectivity index (χ0v) is 13.2. The Bertz CT molecular complexity index is 257. The first-order valence-corrected chi connectivity index (χ1v) is 7.08. The van der Waals surface area contributed by atoms with E-state index in [2.05, 4.69) is 50.9 Å². The molecule has 0 radical (unpaired) electrons. The normalized spacial score (nSPS) is 16.9. The monoisotopic (exact) mass is 253 g/mol. The van der Waals surface area contributed by atoms with Gasteiger partial charge in [-0.1, -0.05) is 27.7 Å². The molecule has 2 unspecified atom stereocenters. The van der Waals surface area contributed by atoms with E-state index in [1.807, 2.05) is 14.0 Å². The Morgan fingerprint density at radius 1 is 1.11 bits per heavy atom. The van der Waals surface area contributed by atoms with Crippen molar-refractivity contribution in [3.8, 4) is 6.07 Å². The maximum atomic E-state index is 9.25. The highest BCUT2D eigenvalue weighted by molar-refractivity contribution is 5.04. The lowest BCUT2D eigenvalue weighted by atomic mass is 9.94. The van der Waals surface area contributed by atoms with Crippen LogP contribution in [0.3, 0.4) is 0 Å². The minimum absolute atomic E-state index is 0.423. The van der Waals surface area contributed by atoms with Crippen molar-refractivity contribution in [2.24, 2.45) is 11.8 Å². The number of nitrogens with zero attached hydrogens (tertiary/aromatic N) is 2. The number of nitriles is 1. The summed E-state index contributed by atoms with van der Waals surface area (Å²) < 4.78 is 0. The molecule has 2 atom stereocenters. The molecule has 18 heavy (non-hydrogen) atoms. The first-order chi connectivity index (χ1) is 8.24. The minimum atomic E-state index is -0.425. The van der Waals surface area contributed by atoms with Gasteiger partial charge >= 0.3 is 0 Å². The highest BCUT2D eigenvalue weighted by Gasteiger charge is 2.27. The molecule has 0 aliphatic rings. The van der Waals surface area contributed by atoms with E-state index in [-0.39, 0.29) is 0 Å². The second-order valence-corrected chi connectivity index (χ2v) is 6.49. The van der Waals surface area contributed by atoms with Crippen LogP contribution in [0.5, 0.6) is 0 Å². The molecule has 0 spiro atoms. The van der Waals surface area contributed by atoms with Crippen molar-refractivity contribution in [3.63, 3.8) is 0 Å². The second-order valence-electron chi connectivity index (χ2n) is 6.49. The van der Waals surface area contributed by atoms with Gasteiger partial charge in [-0.2, -0.15) is 5.26 Å². The third-order valence-electron chi connectivity index (χ3n) is 3.32. The van der Waals surface area contributed by atoms with E-state index < -0.39 is 5.54 Å². The highest BCUT2D eigenvalue weighted by Crippen LogP contribution is 2.17. The Hall–Kier alpha value is -0.590. The molecule has 0 rings (SSSR count). The Kier molecular flexibility index (Phi) is 7.51. The van der Waals surface area contributed by atoms with Gasteiger partial charge in [-0.3, -0.25) is 0 Å². The van der Waals surface area contributed by atoms with Crippen LogP contribution in [0.25, 0.3) is 0 Å². The Balaban J connectivity index is 4.64. The lowest BCUT2D eigenvalue weighted by Crippen LogP contribution is -2.47. The van der Waals surface area contributed by atoms with Gasteiger partial charge in [0.1, 0.15) is 5.54 Å². The molecule has 0 aromatic heterocycles. The van der Waals surface area contributed by atoms with E-state index in [0.29, 0.717) is 17.9 Å². The summed E-state index contributed by atoms with van der Waals surface area (Å²) in [5.41, 5.74) is -0.425. The second kappa shape index (κ2) is 7.76. The molecule has 0 fully saturated rings. The van der Waals surface area contributed by atoms with Gasteiger partial charge in [0.05, 0.1) is 6.07 Å². The largest absolute Gasteiger partial charge is 0.303 e. The molecule has 1 N–H and O–H groups in total. The summed E-state index contributed by atoms with van der Waals surface area (Å²) in [5.74, 6) is 1.32. The van der Waals surface area contributed by atoms with E-state index in [0.717, 1.165) is 19.5 Å². The molecule has 106 valence electrons. The topological polar surface area (TPSA) is 39.1 Å². The van der Waals surface area contributed by atoms with Crippen molar-refractivity contribution >= 4 is 0 Å². The predicted molar refractivity (Wildman–Crippen MR) is 78.4 cm³/mol. The zero-order valence-electron chi connectivity index (χ0n) is 13.2. The lowest BCUT2D eigenvalue weighted by molar-refractivity contribution is 0.144. The molecular formula is C15H31N3. The van der Waals surface area contributed by atoms with Crippen LogP contribution in [0.1, 0.15) is 48.0 Å². The molecule has 0 amide bonds. The first kappa shape index (κ1) is 17.4. The standard InChI is InChI=1S/C15H31N3/c1-12(2)9-18(10-13(3)4)14(5)8-15(6,11-16)17-7/h12-14,17H,8-10H2,1-7H3. The molecule has 3 nitrogen and oxygen atoms in total. The van der Waals surface area contributed by atoms with Gasteiger partial charge in [0.15, 0.2) is 0 Å². The van der Waals surface area contributed by atoms with Crippen molar-refractivity contribution in [2.45, 2.75) is 59.5 Å². The van der Waals surface area contributed by atoms with Crippen LogP contribution in [-0.4, -0.2) is 36.6 Å². The molecule has 0 aliphatic heterocycles. The van der Waals surface area contributed by atoms with Crippen molar-refractivity contribution in [1.82, 2.24) is 10.2 Å². The summed E-state index contributed by atoms with van der Waals surface area (Å²) in [7, 11) is 1.87. The van der Waals surface area contributed by atoms with Gasteiger partial charge in [-0.25, -0.2) is 0 Å². The number of hydrogen-bond donors (Lipinski definition) is 1. The third kappa shape index (κ3) is 6.37. The van der Waals surface area contributed by atoms with Gasteiger partial charge in [0.2, 0.25) is 0 Å². The Labute approximate surface area is 114 Å². The van der Waals surface area contributed by atoms with E-state index in [9.17, 15) is 5.26 Å². The number of hydrogen-bond acceptors (Lipinski definition) is 3. The third-order valence-corrected chi connectivity index (χ3v) is 3.32. The first-order valence-electron chi connectivity index (χ1n) is 7.08. The van der Waals surface area contributed by atoms with Crippen molar-refractivity contribution in [3.05, 3.63) is 0 Å². The van der Waals surface area contributed by atoms with E-state index in [1.165, 1.54) is 0 Å². The van der Waals surface area contributed by atoms with Gasteiger partial charge in [-0.15, -0.1) is 0 Å². The summed E-state index contributed by atoms with van der Waals surface area (Å²) in [6, 6.07) is 2.81. The Morgan fingerprint density at radius 2 is 1.56 bits per heavy atom. The van der Waals surface area contributed by atoms with Crippen LogP contribution in [0.4, 0.5) is 0 Å². The number of nitrogens with one attached hydrogen (secondary N) is 1. The molecule has 3 heteroatoms. The lowest BCUT2D eigenvalue weighted by Gasteiger charge is -2.35. The van der Waals surface area contributed by atoms with Gasteiger partial charge in [0, 0.05) is 19.1 Å². The average molecular weight is 253 g/mol. The fraction of sp³-hybridized carbons (Fsp3) is 0.933. The quantitative estimate of drug-likeness (QED) is 0.723. The summed E-state index contributed by atoms with van der Waals surface area (Å²) in [6.45, 7) is 15.4. The Morgan fingerprint density at radius 3 is 1.83 bits per heavy atom. The molecule has 0 aliphatic carbocycles. The molecule has 0 heterocycles. The highest BCUT2D eigenvalue weighted by atomic mass is 15.2. The van der Waals surface area contributed by atoms with Crippen LogP contribution in [0.2, 0.25) is 0 Å². The average Bonchev–Trinajstić information content (AvgIpc) is 2.26. The molecule has 0 saturated carbocycles. The van der Waals surface area contributed by atoms with E-state index >= 15 is 0 Å². The molecule has 0 bridgehead atoms. The summed E-state index contributed by atoms with van der Waals surface area (Å²) in [6.07, 6.45) is 0.861. The molecular weight excluding hydrogens is 222 g/mol. The van der Waals surface area contributed by atoms with Crippen LogP contribution < -0.4 is 5.32 Å². The summed E-state index contributed by atoms with van der Waals surface area (Å²) in [4.78, 5) is 2.52. The fourth-order valence-corrected chi connectivity index (χ4v) is 2.30. The van der Waals surface area contributed by atoms with Gasteiger partial charge in [0.25, 0.3) is 0 Å². The molecule has 0 aromatic carbocycles. The van der Waals surface area contributed by atoms with Crippen molar-refractivity contribution in [2.75, 3.05) is 20.1 Å². The summed E-state index contributed by atoms with van der Waals surface area (Å²) in [5, 5.41) is 12.4. The van der Waals surface area contributed by atoms with E-state index in [4.69, 9.17) is 0 Å². The summed E-state index contributed by atoms with van der Waals surface area (Å²) >= 11 is 0. The maximum Gasteiger partial charge on any atom is 0.105 e. The zero-order chi connectivity index (χ0) is 14.3. The van der Waals surface area contributed by atoms with Gasteiger partial charge in [-0.05, 0) is 39.2 Å². The van der Waals surface area contributed by atoms with Gasteiger partial charge < -0.3 is 10.2 Å². The minimum Gasteiger partial charge on any atom is -0.303 e. The maximum absolute atomic E-state index is 9.25. The van der Waals surface area contributed by atoms with Crippen LogP contribution in [-0.2, 0) is 0 Å². The van der Waals surface area contributed by atoms with Crippen molar-refractivity contribution in [1.29, 1.82) is 5.26 Å². The molecule has 0 aromatic rings. The van der Waals surface area contributed by atoms with E-state index in [1.54, 1.807) is 0 Å². The van der Waals surface area contributed by atoms with Crippen LogP contribution in [0, 0.1) is 23.2 Å². The van der Waals surface area contributed by atoms with Crippen molar-refractivity contribution < 1.29 is 0 Å². The predicted octanol–water partition coefficient (Wildman–Crippen LogP) is 2.88. The van der Waals surface area contributed by atoms with Crippen LogP contribution in [0.15, 0.2) is 0 Å². The van der Waals surface area contributed by atoms with Crippen LogP contribution >= 0.6 is 0 Å².